The van der Waals surface area contributed by atoms with Crippen LogP contribution < -0.4 is 5.32 Å². The minimum atomic E-state index is -3.74. The van der Waals surface area contributed by atoms with Crippen molar-refractivity contribution in [3.63, 3.8) is 0 Å². The molecule has 0 atom stereocenters. The van der Waals surface area contributed by atoms with E-state index < -0.39 is 10.0 Å². The van der Waals surface area contributed by atoms with Gasteiger partial charge in [-0.05, 0) is 68.1 Å². The lowest BCUT2D eigenvalue weighted by Gasteiger charge is -2.21. The van der Waals surface area contributed by atoms with Crippen molar-refractivity contribution in [2.75, 3.05) is 26.2 Å². The second-order valence-corrected chi connectivity index (χ2v) is 11.3. The van der Waals surface area contributed by atoms with Crippen LogP contribution in [0.4, 0.5) is 0 Å². The largest absolute Gasteiger partial charge is 0.348 e. The van der Waals surface area contributed by atoms with E-state index in [9.17, 15) is 13.2 Å². The van der Waals surface area contributed by atoms with E-state index in [4.69, 9.17) is 11.6 Å². The van der Waals surface area contributed by atoms with E-state index in [1.165, 1.54) is 34.8 Å². The van der Waals surface area contributed by atoms with Gasteiger partial charge in [-0.15, -0.1) is 0 Å². The maximum absolute atomic E-state index is 13.2. The fourth-order valence-electron chi connectivity index (χ4n) is 4.58. The van der Waals surface area contributed by atoms with Gasteiger partial charge in [0.15, 0.2) is 0 Å². The zero-order valence-corrected chi connectivity index (χ0v) is 20.5. The van der Waals surface area contributed by atoms with Gasteiger partial charge in [-0.2, -0.15) is 4.31 Å². The van der Waals surface area contributed by atoms with E-state index in [2.05, 4.69) is 22.3 Å². The van der Waals surface area contributed by atoms with Gasteiger partial charge in [0.05, 0.1) is 5.02 Å². The molecule has 0 bridgehead atoms. The molecule has 1 N–H and O–H groups in total. The molecule has 2 aliphatic rings. The zero-order chi connectivity index (χ0) is 23.3. The number of hydrogen-bond acceptors (Lipinski definition) is 4. The average molecular weight is 490 g/mol. The molecule has 2 aliphatic heterocycles. The molecule has 2 heterocycles. The first-order valence-electron chi connectivity index (χ1n) is 11.8. The summed E-state index contributed by atoms with van der Waals surface area (Å²) in [7, 11) is -3.74. The maximum Gasteiger partial charge on any atom is 0.251 e. The molecule has 2 aromatic rings. The first-order valence-corrected chi connectivity index (χ1v) is 13.6. The van der Waals surface area contributed by atoms with E-state index in [0.29, 0.717) is 25.2 Å². The standard InChI is InChI=1S/C25H32ClN3O3S/c26-23-11-10-22(17-24(23)33(31,32)29-14-3-1-2-4-15-29)25(30)27-18-20-8-7-9-21(16-20)19-28-12-5-6-13-28/h7-11,16-17H,1-6,12-15,18-19H2,(H,27,30). The highest BCUT2D eigenvalue weighted by Gasteiger charge is 2.28. The van der Waals surface area contributed by atoms with Gasteiger partial charge in [-0.25, -0.2) is 8.42 Å². The molecule has 6 nitrogen and oxygen atoms in total. The van der Waals surface area contributed by atoms with Crippen LogP contribution in [0.25, 0.3) is 0 Å². The van der Waals surface area contributed by atoms with Gasteiger partial charge >= 0.3 is 0 Å². The Morgan fingerprint density at radius 2 is 1.55 bits per heavy atom. The van der Waals surface area contributed by atoms with Crippen LogP contribution in [-0.2, 0) is 23.1 Å². The highest BCUT2D eigenvalue weighted by atomic mass is 35.5. The van der Waals surface area contributed by atoms with E-state index in [1.54, 1.807) is 6.07 Å². The summed E-state index contributed by atoms with van der Waals surface area (Å²) < 4.78 is 27.9. The summed E-state index contributed by atoms with van der Waals surface area (Å²) >= 11 is 6.26. The van der Waals surface area contributed by atoms with Gasteiger partial charge in [0, 0.05) is 31.7 Å². The molecule has 2 saturated heterocycles. The van der Waals surface area contributed by atoms with Crippen LogP contribution in [-0.4, -0.2) is 49.7 Å². The Bertz CT molecular complexity index is 1080. The van der Waals surface area contributed by atoms with Crippen molar-refractivity contribution < 1.29 is 13.2 Å². The molecule has 2 fully saturated rings. The molecule has 4 rings (SSSR count). The number of nitrogens with one attached hydrogen (secondary N) is 1. The first kappa shape index (κ1) is 24.2. The van der Waals surface area contributed by atoms with Crippen LogP contribution in [0.3, 0.4) is 0 Å². The summed E-state index contributed by atoms with van der Waals surface area (Å²) in [5.74, 6) is -0.316. The average Bonchev–Trinajstić information content (AvgIpc) is 3.15. The van der Waals surface area contributed by atoms with E-state index in [-0.39, 0.29) is 15.8 Å². The quantitative estimate of drug-likeness (QED) is 0.624. The zero-order valence-electron chi connectivity index (χ0n) is 18.9. The summed E-state index contributed by atoms with van der Waals surface area (Å²) in [6.45, 7) is 4.56. The van der Waals surface area contributed by atoms with Gasteiger partial charge in [0.1, 0.15) is 4.90 Å². The van der Waals surface area contributed by atoms with Crippen molar-refractivity contribution in [1.29, 1.82) is 0 Å². The van der Waals surface area contributed by atoms with E-state index >= 15 is 0 Å². The Labute approximate surface area is 202 Å². The first-order chi connectivity index (χ1) is 15.9. The molecular formula is C25H32ClN3O3S. The van der Waals surface area contributed by atoms with Gasteiger partial charge in [-0.3, -0.25) is 9.69 Å². The second-order valence-electron chi connectivity index (χ2n) is 8.95. The van der Waals surface area contributed by atoms with Gasteiger partial charge in [-0.1, -0.05) is 48.7 Å². The molecule has 0 radical (unpaired) electrons. The molecule has 0 aliphatic carbocycles. The third kappa shape index (κ3) is 6.15. The lowest BCUT2D eigenvalue weighted by atomic mass is 10.1. The van der Waals surface area contributed by atoms with Gasteiger partial charge in [0.25, 0.3) is 5.91 Å². The molecule has 0 spiro atoms. The highest BCUT2D eigenvalue weighted by molar-refractivity contribution is 7.89. The molecule has 2 aromatic carbocycles. The van der Waals surface area contributed by atoms with Crippen molar-refractivity contribution in [3.05, 3.63) is 64.2 Å². The molecule has 0 unspecified atom stereocenters. The number of likely N-dealkylation sites (tertiary alicyclic amines) is 1. The third-order valence-electron chi connectivity index (χ3n) is 6.43. The maximum atomic E-state index is 13.2. The fourth-order valence-corrected chi connectivity index (χ4v) is 6.60. The highest BCUT2D eigenvalue weighted by Crippen LogP contribution is 2.27. The van der Waals surface area contributed by atoms with E-state index in [0.717, 1.165) is 50.9 Å². The third-order valence-corrected chi connectivity index (χ3v) is 8.81. The number of carbonyl (C=O) groups is 1. The molecule has 178 valence electrons. The number of sulfonamides is 1. The minimum Gasteiger partial charge on any atom is -0.348 e. The van der Waals surface area contributed by atoms with Crippen molar-refractivity contribution in [2.45, 2.75) is 56.5 Å². The second kappa shape index (κ2) is 11.0. The van der Waals surface area contributed by atoms with Crippen LogP contribution in [0.15, 0.2) is 47.4 Å². The number of amides is 1. The Kier molecular flexibility index (Phi) is 8.07. The lowest BCUT2D eigenvalue weighted by Crippen LogP contribution is -2.32. The molecule has 8 heteroatoms. The van der Waals surface area contributed by atoms with Crippen molar-refractivity contribution in [1.82, 2.24) is 14.5 Å². The molecule has 33 heavy (non-hydrogen) atoms. The number of hydrogen-bond donors (Lipinski definition) is 1. The minimum absolute atomic E-state index is 0.00586. The number of benzene rings is 2. The van der Waals surface area contributed by atoms with Crippen molar-refractivity contribution in [3.8, 4) is 0 Å². The summed E-state index contributed by atoms with van der Waals surface area (Å²) in [6, 6.07) is 12.7. The summed E-state index contributed by atoms with van der Waals surface area (Å²) in [5, 5.41) is 3.06. The Morgan fingerprint density at radius 3 is 2.27 bits per heavy atom. The van der Waals surface area contributed by atoms with Crippen LogP contribution in [0.1, 0.15) is 60.0 Å². The monoisotopic (exact) mass is 489 g/mol. The molecule has 0 aromatic heterocycles. The Balaban J connectivity index is 1.43. The molecular weight excluding hydrogens is 458 g/mol. The number of halogens is 1. The van der Waals surface area contributed by atoms with Crippen LogP contribution in [0, 0.1) is 0 Å². The Hall–Kier alpha value is -1.93. The Morgan fingerprint density at radius 1 is 0.879 bits per heavy atom. The van der Waals surface area contributed by atoms with Gasteiger partial charge in [0.2, 0.25) is 10.0 Å². The summed E-state index contributed by atoms with van der Waals surface area (Å²) in [6.07, 6.45) is 6.25. The number of carbonyl (C=O) groups excluding carboxylic acids is 1. The normalized spacial score (nSPS) is 18.2. The van der Waals surface area contributed by atoms with Gasteiger partial charge < -0.3 is 5.32 Å². The fraction of sp³-hybridized carbons (Fsp3) is 0.480. The molecule has 0 saturated carbocycles. The summed E-state index contributed by atoms with van der Waals surface area (Å²) in [5.41, 5.74) is 2.55. The van der Waals surface area contributed by atoms with Crippen molar-refractivity contribution >= 4 is 27.5 Å². The molecule has 1 amide bonds. The SMILES string of the molecule is O=C(NCc1cccc(CN2CCCC2)c1)c1ccc(Cl)c(S(=O)(=O)N2CCCCCC2)c1. The van der Waals surface area contributed by atoms with Crippen LogP contribution in [0.5, 0.6) is 0 Å². The van der Waals surface area contributed by atoms with Crippen LogP contribution in [0.2, 0.25) is 5.02 Å². The van der Waals surface area contributed by atoms with Crippen LogP contribution >= 0.6 is 11.6 Å². The van der Waals surface area contributed by atoms with E-state index in [1.807, 2.05) is 12.1 Å². The topological polar surface area (TPSA) is 69.7 Å². The summed E-state index contributed by atoms with van der Waals surface area (Å²) in [4.78, 5) is 15.3. The predicted molar refractivity (Wildman–Crippen MR) is 131 cm³/mol. The van der Waals surface area contributed by atoms with Crippen molar-refractivity contribution in [2.24, 2.45) is 0 Å². The number of rotatable bonds is 7. The number of nitrogens with zero attached hydrogens (tertiary/aromatic N) is 2. The lowest BCUT2D eigenvalue weighted by molar-refractivity contribution is 0.0950. The predicted octanol–water partition coefficient (Wildman–Crippen LogP) is 4.43. The smallest absolute Gasteiger partial charge is 0.251 e.